The molecule has 3 aromatic rings. The average Bonchev–Trinajstić information content (AvgIpc) is 3.31. The lowest BCUT2D eigenvalue weighted by Crippen LogP contribution is -2.16. The van der Waals surface area contributed by atoms with Crippen molar-refractivity contribution < 1.29 is 18.3 Å². The Morgan fingerprint density at radius 3 is 2.75 bits per heavy atom. The van der Waals surface area contributed by atoms with E-state index in [0.717, 1.165) is 48.1 Å². The number of hydrogen-bond acceptors (Lipinski definition) is 5. The minimum Gasteiger partial charge on any atom is -0.488 e. The van der Waals surface area contributed by atoms with Crippen LogP contribution < -0.4 is 15.2 Å². The second kappa shape index (κ2) is 7.71. The summed E-state index contributed by atoms with van der Waals surface area (Å²) < 4.78 is 40.8. The normalized spacial score (nSPS) is 19.3. The van der Waals surface area contributed by atoms with Gasteiger partial charge >= 0.3 is 0 Å². The fourth-order valence-corrected chi connectivity index (χ4v) is 3.73. The molecule has 6 nitrogen and oxygen atoms in total. The van der Waals surface area contributed by atoms with Crippen molar-refractivity contribution in [3.63, 3.8) is 0 Å². The fourth-order valence-electron chi connectivity index (χ4n) is 3.73. The zero-order valence-electron chi connectivity index (χ0n) is 15.6. The molecule has 2 N–H and O–H groups in total. The summed E-state index contributed by atoms with van der Waals surface area (Å²) in [6, 6.07) is 4.28. The van der Waals surface area contributed by atoms with E-state index in [0.29, 0.717) is 0 Å². The molecule has 28 heavy (non-hydrogen) atoms. The molecule has 0 aliphatic heterocycles. The average molecular weight is 388 g/mol. The number of aryl methyl sites for hydroxylation is 1. The largest absolute Gasteiger partial charge is 0.488 e. The number of ether oxygens (including phenoxy) is 2. The van der Waals surface area contributed by atoms with Gasteiger partial charge in [-0.15, -0.1) is 0 Å². The van der Waals surface area contributed by atoms with E-state index >= 15 is 0 Å². The van der Waals surface area contributed by atoms with Crippen LogP contribution in [0.1, 0.15) is 31.0 Å². The van der Waals surface area contributed by atoms with Gasteiger partial charge in [0.1, 0.15) is 24.7 Å². The highest BCUT2D eigenvalue weighted by molar-refractivity contribution is 5.78. The number of fused-ring (bicyclic) bond motifs is 1. The van der Waals surface area contributed by atoms with Crippen LogP contribution in [0.3, 0.4) is 0 Å². The third kappa shape index (κ3) is 3.52. The highest BCUT2D eigenvalue weighted by atomic mass is 19.2. The number of halogens is 2. The Kier molecular flexibility index (Phi) is 5.13. The predicted octanol–water partition coefficient (Wildman–Crippen LogP) is 3.53. The molecule has 0 bridgehead atoms. The minimum absolute atomic E-state index is 0.129. The molecule has 1 aromatic carbocycles. The van der Waals surface area contributed by atoms with E-state index in [9.17, 15) is 8.78 Å². The Labute approximate surface area is 161 Å². The van der Waals surface area contributed by atoms with Crippen LogP contribution >= 0.6 is 0 Å². The summed E-state index contributed by atoms with van der Waals surface area (Å²) in [7, 11) is 0. The number of nitrogens with two attached hydrogens (primary N) is 1. The number of rotatable bonds is 6. The lowest BCUT2D eigenvalue weighted by molar-refractivity contribution is 0.190. The van der Waals surface area contributed by atoms with E-state index in [1.807, 2.05) is 19.2 Å². The van der Waals surface area contributed by atoms with Gasteiger partial charge in [0.25, 0.3) is 0 Å². The number of aromatic nitrogens is 3. The fraction of sp³-hybridized carbons (Fsp3) is 0.400. The maximum absolute atomic E-state index is 13.7. The lowest BCUT2D eigenvalue weighted by Gasteiger charge is -2.18. The van der Waals surface area contributed by atoms with Gasteiger partial charge in [0.15, 0.2) is 23.1 Å². The van der Waals surface area contributed by atoms with Crippen molar-refractivity contribution in [1.29, 1.82) is 0 Å². The van der Waals surface area contributed by atoms with Gasteiger partial charge in [-0.1, -0.05) is 0 Å². The molecule has 8 heteroatoms. The van der Waals surface area contributed by atoms with Gasteiger partial charge in [0, 0.05) is 42.7 Å². The summed E-state index contributed by atoms with van der Waals surface area (Å²) in [6.45, 7) is 2.43. The van der Waals surface area contributed by atoms with Gasteiger partial charge in [-0.05, 0) is 25.8 Å². The van der Waals surface area contributed by atoms with Crippen LogP contribution in [0.25, 0.3) is 11.0 Å². The molecule has 2 unspecified atom stereocenters. The molecule has 0 amide bonds. The summed E-state index contributed by atoms with van der Waals surface area (Å²) in [6.07, 6.45) is 5.90. The molecular formula is C20H22F2N4O2. The number of hydrogen-bond donors (Lipinski definition) is 1. The molecule has 2 atom stereocenters. The van der Waals surface area contributed by atoms with Gasteiger partial charge in [-0.25, -0.2) is 18.7 Å². The van der Waals surface area contributed by atoms with E-state index in [2.05, 4.69) is 14.5 Å². The van der Waals surface area contributed by atoms with E-state index < -0.39 is 11.6 Å². The van der Waals surface area contributed by atoms with Crippen molar-refractivity contribution in [2.24, 2.45) is 5.73 Å². The molecule has 0 spiro atoms. The molecule has 1 aliphatic carbocycles. The van der Waals surface area contributed by atoms with Crippen LogP contribution in [0, 0.1) is 18.6 Å². The molecule has 2 aromatic heterocycles. The van der Waals surface area contributed by atoms with E-state index in [1.165, 1.54) is 0 Å². The predicted molar refractivity (Wildman–Crippen MR) is 100 cm³/mol. The second-order valence-corrected chi connectivity index (χ2v) is 6.98. The third-order valence-corrected chi connectivity index (χ3v) is 5.11. The van der Waals surface area contributed by atoms with E-state index in [1.54, 1.807) is 6.33 Å². The summed E-state index contributed by atoms with van der Waals surface area (Å²) in [4.78, 5) is 8.64. The first-order chi connectivity index (χ1) is 13.6. The second-order valence-electron chi connectivity index (χ2n) is 6.98. The monoisotopic (exact) mass is 388 g/mol. The molecule has 1 saturated carbocycles. The summed E-state index contributed by atoms with van der Waals surface area (Å²) >= 11 is 0. The zero-order chi connectivity index (χ0) is 19.7. The maximum atomic E-state index is 13.7. The topological polar surface area (TPSA) is 75.2 Å². The molecule has 1 aliphatic rings. The Morgan fingerprint density at radius 1 is 1.18 bits per heavy atom. The van der Waals surface area contributed by atoms with Crippen molar-refractivity contribution in [3.8, 4) is 11.5 Å². The first-order valence-corrected chi connectivity index (χ1v) is 9.33. The van der Waals surface area contributed by atoms with Crippen LogP contribution in [0.5, 0.6) is 11.5 Å². The number of benzene rings is 1. The number of nitrogens with zero attached hydrogens (tertiary/aromatic N) is 3. The molecule has 4 rings (SSSR count). The Bertz CT molecular complexity index is 992. The Morgan fingerprint density at radius 2 is 1.96 bits per heavy atom. The highest BCUT2D eigenvalue weighted by Gasteiger charge is 2.29. The lowest BCUT2D eigenvalue weighted by atomic mass is 10.2. The SMILES string of the molecule is Cc1ncnc2c1ccn2C1CCC(Oc2cc(F)c(F)cc2OCCN)C1. The van der Waals surface area contributed by atoms with Crippen molar-refractivity contribution in [3.05, 3.63) is 48.1 Å². The minimum atomic E-state index is -0.975. The molecule has 0 saturated heterocycles. The standard InChI is InChI=1S/C20H22F2N4O2/c1-12-15-4-6-26(20(15)25-11-24-12)13-2-3-14(8-13)28-19-10-17(22)16(21)9-18(19)27-7-5-23/h4,6,9-11,13-14H,2-3,5,7-8,23H2,1H3. The maximum Gasteiger partial charge on any atom is 0.164 e. The van der Waals surface area contributed by atoms with Gasteiger partial charge in [-0.2, -0.15) is 0 Å². The first-order valence-electron chi connectivity index (χ1n) is 9.33. The smallest absolute Gasteiger partial charge is 0.164 e. The van der Waals surface area contributed by atoms with E-state index in [-0.39, 0.29) is 36.8 Å². The van der Waals surface area contributed by atoms with Crippen LogP contribution in [0.4, 0.5) is 8.78 Å². The quantitative estimate of drug-likeness (QED) is 0.699. The highest BCUT2D eigenvalue weighted by Crippen LogP contribution is 2.38. The molecule has 1 fully saturated rings. The Balaban J connectivity index is 1.52. The van der Waals surface area contributed by atoms with Crippen LogP contribution in [-0.2, 0) is 0 Å². The van der Waals surface area contributed by atoms with Gasteiger partial charge in [-0.3, -0.25) is 0 Å². The van der Waals surface area contributed by atoms with Gasteiger partial charge < -0.3 is 19.8 Å². The van der Waals surface area contributed by atoms with Crippen LogP contribution in [0.15, 0.2) is 30.7 Å². The van der Waals surface area contributed by atoms with Gasteiger partial charge in [0.05, 0.1) is 5.69 Å². The Hall–Kier alpha value is -2.74. The zero-order valence-corrected chi connectivity index (χ0v) is 15.6. The molecule has 148 valence electrons. The summed E-state index contributed by atoms with van der Waals surface area (Å²) in [5, 5.41) is 1.03. The van der Waals surface area contributed by atoms with Crippen molar-refractivity contribution >= 4 is 11.0 Å². The molecular weight excluding hydrogens is 366 g/mol. The summed E-state index contributed by atoms with van der Waals surface area (Å²) in [5.41, 5.74) is 7.28. The van der Waals surface area contributed by atoms with Crippen LogP contribution in [-0.4, -0.2) is 33.8 Å². The molecule has 2 heterocycles. The van der Waals surface area contributed by atoms with Crippen molar-refractivity contribution in [1.82, 2.24) is 14.5 Å². The van der Waals surface area contributed by atoms with Crippen LogP contribution in [0.2, 0.25) is 0 Å². The van der Waals surface area contributed by atoms with Crippen molar-refractivity contribution in [2.75, 3.05) is 13.2 Å². The van der Waals surface area contributed by atoms with Crippen molar-refractivity contribution in [2.45, 2.75) is 38.3 Å². The van der Waals surface area contributed by atoms with Gasteiger partial charge in [0.2, 0.25) is 0 Å². The van der Waals surface area contributed by atoms with E-state index in [4.69, 9.17) is 15.2 Å². The summed E-state index contributed by atoms with van der Waals surface area (Å²) in [5.74, 6) is -1.57. The molecule has 0 radical (unpaired) electrons. The first kappa shape index (κ1) is 18.6. The third-order valence-electron chi connectivity index (χ3n) is 5.11.